The van der Waals surface area contributed by atoms with Crippen molar-refractivity contribution in [1.29, 1.82) is 0 Å². The SMILES string of the molecule is Cc1ccc2c(c1)Nc1ccccc1N(CCCCCC(=O)NO)S2(=O)=O. The minimum atomic E-state index is -3.71. The maximum Gasteiger partial charge on any atom is 0.266 e. The van der Waals surface area contributed by atoms with Crippen LogP contribution in [0.4, 0.5) is 17.1 Å². The number of benzene rings is 2. The molecule has 0 fully saturated rings. The molecule has 0 saturated carbocycles. The molecule has 0 saturated heterocycles. The van der Waals surface area contributed by atoms with Gasteiger partial charge in [0.25, 0.3) is 10.0 Å². The highest BCUT2D eigenvalue weighted by atomic mass is 32.2. The number of para-hydroxylation sites is 2. The van der Waals surface area contributed by atoms with Crippen LogP contribution >= 0.6 is 0 Å². The summed E-state index contributed by atoms with van der Waals surface area (Å²) < 4.78 is 28.0. The second-order valence-corrected chi connectivity index (χ2v) is 8.40. The molecular weight excluding hydrogens is 366 g/mol. The molecule has 27 heavy (non-hydrogen) atoms. The van der Waals surface area contributed by atoms with Gasteiger partial charge in [0.05, 0.1) is 17.1 Å². The zero-order valence-electron chi connectivity index (χ0n) is 15.1. The Hall–Kier alpha value is -2.58. The summed E-state index contributed by atoms with van der Waals surface area (Å²) in [5.41, 5.74) is 4.50. The Morgan fingerprint density at radius 2 is 1.89 bits per heavy atom. The van der Waals surface area contributed by atoms with E-state index in [9.17, 15) is 13.2 Å². The number of nitrogens with one attached hydrogen (secondary N) is 2. The predicted molar refractivity (Wildman–Crippen MR) is 104 cm³/mol. The lowest BCUT2D eigenvalue weighted by Crippen LogP contribution is -2.31. The van der Waals surface area contributed by atoms with E-state index in [1.807, 2.05) is 31.2 Å². The van der Waals surface area contributed by atoms with Crippen molar-refractivity contribution in [2.45, 2.75) is 37.5 Å². The molecule has 1 heterocycles. The maximum absolute atomic E-state index is 13.3. The van der Waals surface area contributed by atoms with Gasteiger partial charge < -0.3 is 5.32 Å². The Labute approximate surface area is 159 Å². The fourth-order valence-electron chi connectivity index (χ4n) is 3.17. The molecule has 0 unspecified atom stereocenters. The minimum absolute atomic E-state index is 0.212. The number of rotatable bonds is 6. The van der Waals surface area contributed by atoms with Crippen LogP contribution in [0, 0.1) is 6.92 Å². The van der Waals surface area contributed by atoms with Crippen molar-refractivity contribution in [3.8, 4) is 0 Å². The lowest BCUT2D eigenvalue weighted by molar-refractivity contribution is -0.129. The van der Waals surface area contributed by atoms with E-state index in [-0.39, 0.29) is 11.3 Å². The van der Waals surface area contributed by atoms with Crippen molar-refractivity contribution < 1.29 is 18.4 Å². The summed E-state index contributed by atoms with van der Waals surface area (Å²) in [7, 11) is -3.71. The first-order valence-corrected chi connectivity index (χ1v) is 10.3. The Bertz CT molecular complexity index is 944. The lowest BCUT2D eigenvalue weighted by atomic mass is 10.2. The number of anilines is 3. The minimum Gasteiger partial charge on any atom is -0.353 e. The van der Waals surface area contributed by atoms with Gasteiger partial charge in [-0.2, -0.15) is 0 Å². The zero-order chi connectivity index (χ0) is 19.4. The first kappa shape index (κ1) is 19.2. The molecular formula is C19H23N3O4S. The van der Waals surface area contributed by atoms with E-state index in [1.54, 1.807) is 23.7 Å². The van der Waals surface area contributed by atoms with Crippen LogP contribution in [-0.4, -0.2) is 26.1 Å². The van der Waals surface area contributed by atoms with Crippen molar-refractivity contribution in [3.05, 3.63) is 48.0 Å². The molecule has 0 atom stereocenters. The van der Waals surface area contributed by atoms with Gasteiger partial charge in [-0.15, -0.1) is 0 Å². The highest BCUT2D eigenvalue weighted by Crippen LogP contribution is 2.39. The second-order valence-electron chi connectivity index (χ2n) is 6.56. The zero-order valence-corrected chi connectivity index (χ0v) is 15.9. The van der Waals surface area contributed by atoms with Crippen molar-refractivity contribution in [3.63, 3.8) is 0 Å². The van der Waals surface area contributed by atoms with E-state index in [4.69, 9.17) is 5.21 Å². The van der Waals surface area contributed by atoms with Gasteiger partial charge in [-0.1, -0.05) is 24.6 Å². The van der Waals surface area contributed by atoms with Gasteiger partial charge >= 0.3 is 0 Å². The largest absolute Gasteiger partial charge is 0.353 e. The van der Waals surface area contributed by atoms with Gasteiger partial charge in [0.1, 0.15) is 4.90 Å². The van der Waals surface area contributed by atoms with Crippen LogP contribution in [0.3, 0.4) is 0 Å². The molecule has 2 aromatic carbocycles. The quantitative estimate of drug-likeness (QED) is 0.400. The number of carbonyl (C=O) groups is 1. The van der Waals surface area contributed by atoms with Gasteiger partial charge in [0, 0.05) is 13.0 Å². The molecule has 0 spiro atoms. The Balaban J connectivity index is 1.87. The number of hydrogen-bond acceptors (Lipinski definition) is 5. The van der Waals surface area contributed by atoms with Crippen molar-refractivity contribution in [1.82, 2.24) is 5.48 Å². The third-order valence-corrected chi connectivity index (χ3v) is 6.41. The first-order valence-electron chi connectivity index (χ1n) is 8.86. The molecule has 0 aliphatic carbocycles. The summed E-state index contributed by atoms with van der Waals surface area (Å²) in [6.45, 7) is 2.24. The normalized spacial score (nSPS) is 14.5. The van der Waals surface area contributed by atoms with Crippen LogP contribution in [0.25, 0.3) is 0 Å². The number of hydroxylamine groups is 1. The topological polar surface area (TPSA) is 98.7 Å². The third kappa shape index (κ3) is 4.06. The molecule has 3 rings (SSSR count). The molecule has 3 N–H and O–H groups in total. The summed E-state index contributed by atoms with van der Waals surface area (Å²) in [5, 5.41) is 11.8. The smallest absolute Gasteiger partial charge is 0.266 e. The summed E-state index contributed by atoms with van der Waals surface area (Å²) >= 11 is 0. The summed E-state index contributed by atoms with van der Waals surface area (Å²) in [4.78, 5) is 11.3. The monoisotopic (exact) mass is 389 g/mol. The summed E-state index contributed by atoms with van der Waals surface area (Å²) in [6.07, 6.45) is 2.07. The van der Waals surface area contributed by atoms with Crippen LogP contribution in [0.15, 0.2) is 47.4 Å². The molecule has 0 aromatic heterocycles. The fraction of sp³-hybridized carbons (Fsp3) is 0.316. The van der Waals surface area contributed by atoms with E-state index < -0.39 is 15.9 Å². The van der Waals surface area contributed by atoms with Gasteiger partial charge in [0.15, 0.2) is 0 Å². The molecule has 7 nitrogen and oxygen atoms in total. The standard InChI is InChI=1S/C19H23N3O4S/c1-14-10-11-18-16(13-14)20-15-7-4-5-8-17(15)22(27(18,25)26)12-6-2-3-9-19(23)21-24/h4-5,7-8,10-11,13,20,24H,2-3,6,9,12H2,1H3,(H,21,23). The molecule has 1 amide bonds. The number of nitrogens with zero attached hydrogens (tertiary/aromatic N) is 1. The van der Waals surface area contributed by atoms with E-state index in [0.717, 1.165) is 11.3 Å². The number of hydrogen-bond donors (Lipinski definition) is 3. The van der Waals surface area contributed by atoms with Gasteiger partial charge in [-0.05, 0) is 49.6 Å². The van der Waals surface area contributed by atoms with Gasteiger partial charge in [-0.3, -0.25) is 14.3 Å². The molecule has 0 radical (unpaired) electrons. The number of carbonyl (C=O) groups excluding carboxylic acids is 1. The Morgan fingerprint density at radius 3 is 2.67 bits per heavy atom. The summed E-state index contributed by atoms with van der Waals surface area (Å²) in [6, 6.07) is 12.6. The van der Waals surface area contributed by atoms with E-state index in [0.29, 0.717) is 37.2 Å². The van der Waals surface area contributed by atoms with Gasteiger partial charge in [-0.25, -0.2) is 13.9 Å². The third-order valence-electron chi connectivity index (χ3n) is 4.53. The maximum atomic E-state index is 13.3. The molecule has 8 heteroatoms. The number of unbranched alkanes of at least 4 members (excludes halogenated alkanes) is 2. The Morgan fingerprint density at radius 1 is 1.11 bits per heavy atom. The van der Waals surface area contributed by atoms with Crippen LogP contribution in [0.2, 0.25) is 0 Å². The van der Waals surface area contributed by atoms with Crippen LogP contribution in [0.1, 0.15) is 31.2 Å². The molecule has 0 bridgehead atoms. The average Bonchev–Trinajstić information content (AvgIpc) is 2.73. The summed E-state index contributed by atoms with van der Waals surface area (Å²) in [5.74, 6) is -0.434. The van der Waals surface area contributed by atoms with Crippen LogP contribution < -0.4 is 15.1 Å². The lowest BCUT2D eigenvalue weighted by Gasteiger charge is -2.24. The van der Waals surface area contributed by atoms with Crippen LogP contribution in [-0.2, 0) is 14.8 Å². The van der Waals surface area contributed by atoms with Crippen molar-refractivity contribution in [2.24, 2.45) is 0 Å². The number of amides is 1. The predicted octanol–water partition coefficient (Wildman–Crippen LogP) is 3.31. The van der Waals surface area contributed by atoms with E-state index in [2.05, 4.69) is 5.32 Å². The number of sulfonamides is 1. The van der Waals surface area contributed by atoms with E-state index >= 15 is 0 Å². The second kappa shape index (κ2) is 7.98. The van der Waals surface area contributed by atoms with Crippen molar-refractivity contribution in [2.75, 3.05) is 16.2 Å². The molecule has 144 valence electrons. The highest BCUT2D eigenvalue weighted by Gasteiger charge is 2.31. The number of aryl methyl sites for hydroxylation is 1. The van der Waals surface area contributed by atoms with Gasteiger partial charge in [0.2, 0.25) is 5.91 Å². The molecule has 1 aliphatic heterocycles. The van der Waals surface area contributed by atoms with Crippen molar-refractivity contribution >= 4 is 33.0 Å². The van der Waals surface area contributed by atoms with Crippen LogP contribution in [0.5, 0.6) is 0 Å². The average molecular weight is 389 g/mol. The molecule has 1 aliphatic rings. The Kier molecular flexibility index (Phi) is 5.67. The van der Waals surface area contributed by atoms with E-state index in [1.165, 1.54) is 4.31 Å². The fourth-order valence-corrected chi connectivity index (χ4v) is 4.82. The molecule has 2 aromatic rings. The highest BCUT2D eigenvalue weighted by molar-refractivity contribution is 7.93. The first-order chi connectivity index (χ1) is 12.9. The number of fused-ring (bicyclic) bond motifs is 2.